The first-order valence-corrected chi connectivity index (χ1v) is 13.5. The average Bonchev–Trinajstić information content (AvgIpc) is 3.51. The number of hydrogen-bond acceptors (Lipinski definition) is 6. The fraction of sp³-hybridized carbons (Fsp3) is 0.480. The van der Waals surface area contributed by atoms with Crippen molar-refractivity contribution in [3.05, 3.63) is 64.1 Å². The Hall–Kier alpha value is -2.16. The second kappa shape index (κ2) is 12.3. The Morgan fingerprint density at radius 2 is 1.97 bits per heavy atom. The molecule has 1 aromatic carbocycles. The molecule has 1 aliphatic carbocycles. The van der Waals surface area contributed by atoms with Gasteiger partial charge in [-0.05, 0) is 29.9 Å². The summed E-state index contributed by atoms with van der Waals surface area (Å²) in [6.45, 7) is 1.68. The van der Waals surface area contributed by atoms with Gasteiger partial charge in [0.15, 0.2) is 5.16 Å². The first-order valence-electron chi connectivity index (χ1n) is 11.6. The normalized spacial score (nSPS) is 14.5. The molecule has 1 amide bonds. The highest BCUT2D eigenvalue weighted by Gasteiger charge is 2.24. The zero-order valence-corrected chi connectivity index (χ0v) is 20.8. The summed E-state index contributed by atoms with van der Waals surface area (Å²) in [6, 6.07) is 14.8. The largest absolute Gasteiger partial charge is 0.383 e. The molecule has 2 aromatic heterocycles. The van der Waals surface area contributed by atoms with Crippen LogP contribution in [0.2, 0.25) is 0 Å². The van der Waals surface area contributed by atoms with Gasteiger partial charge in [-0.3, -0.25) is 4.79 Å². The number of carbonyl (C=O) groups excluding carboxylic acids is 1. The third kappa shape index (κ3) is 6.68. The number of carbonyl (C=O) groups is 1. The van der Waals surface area contributed by atoms with Crippen molar-refractivity contribution in [2.75, 3.05) is 26.0 Å². The van der Waals surface area contributed by atoms with E-state index in [0.717, 1.165) is 35.8 Å². The van der Waals surface area contributed by atoms with Crippen LogP contribution in [-0.2, 0) is 22.5 Å². The SMILES string of the molecule is COCCN(Cc1ccccc1)C(=O)CSc1nnc(Cc2cccs2)n1C1CCCCC1. The molecule has 8 heteroatoms. The smallest absolute Gasteiger partial charge is 0.233 e. The first-order chi connectivity index (χ1) is 16.2. The zero-order chi connectivity index (χ0) is 22.9. The van der Waals surface area contributed by atoms with Crippen LogP contribution in [0.1, 0.15) is 54.4 Å². The molecule has 0 unspecified atom stereocenters. The number of rotatable bonds is 11. The summed E-state index contributed by atoms with van der Waals surface area (Å²) in [7, 11) is 1.67. The van der Waals surface area contributed by atoms with E-state index < -0.39 is 0 Å². The highest BCUT2D eigenvalue weighted by molar-refractivity contribution is 7.99. The summed E-state index contributed by atoms with van der Waals surface area (Å²) in [5, 5.41) is 12.1. The van der Waals surface area contributed by atoms with Crippen LogP contribution in [0.3, 0.4) is 0 Å². The first kappa shape index (κ1) is 24.0. The summed E-state index contributed by atoms with van der Waals surface area (Å²) in [5.74, 6) is 1.46. The van der Waals surface area contributed by atoms with E-state index in [1.54, 1.807) is 18.4 Å². The van der Waals surface area contributed by atoms with Crippen molar-refractivity contribution in [2.24, 2.45) is 0 Å². The number of aromatic nitrogens is 3. The molecule has 0 N–H and O–H groups in total. The Morgan fingerprint density at radius 3 is 2.70 bits per heavy atom. The topological polar surface area (TPSA) is 60.2 Å². The van der Waals surface area contributed by atoms with Crippen LogP contribution in [0.15, 0.2) is 53.0 Å². The van der Waals surface area contributed by atoms with Crippen molar-refractivity contribution >= 4 is 29.0 Å². The maximum absolute atomic E-state index is 13.2. The zero-order valence-electron chi connectivity index (χ0n) is 19.2. The quantitative estimate of drug-likeness (QED) is 0.350. The minimum Gasteiger partial charge on any atom is -0.383 e. The number of thioether (sulfide) groups is 1. The number of thiophene rings is 1. The third-order valence-corrected chi connectivity index (χ3v) is 7.85. The standard InChI is InChI=1S/C25H32N4O2S2/c1-31-15-14-28(18-20-9-4-2-5-10-20)24(30)19-33-25-27-26-23(17-22-13-8-16-32-22)29(25)21-11-6-3-7-12-21/h2,4-5,8-10,13,16,21H,3,6-7,11-12,14-15,17-19H2,1H3. The maximum Gasteiger partial charge on any atom is 0.233 e. The highest BCUT2D eigenvalue weighted by Crippen LogP contribution is 2.33. The molecule has 0 bridgehead atoms. The molecule has 0 radical (unpaired) electrons. The summed E-state index contributed by atoms with van der Waals surface area (Å²) in [6.07, 6.45) is 6.89. The van der Waals surface area contributed by atoms with Gasteiger partial charge in [0.05, 0.1) is 12.4 Å². The van der Waals surface area contributed by atoms with Crippen molar-refractivity contribution in [2.45, 2.75) is 56.3 Å². The third-order valence-electron chi connectivity index (χ3n) is 6.05. The second-order valence-corrected chi connectivity index (χ2v) is 10.4. The van der Waals surface area contributed by atoms with E-state index in [1.807, 2.05) is 23.1 Å². The Morgan fingerprint density at radius 1 is 1.15 bits per heavy atom. The molecule has 0 saturated heterocycles. The molecule has 6 nitrogen and oxygen atoms in total. The molecule has 4 rings (SSSR count). The van der Waals surface area contributed by atoms with Gasteiger partial charge in [-0.1, -0.05) is 67.4 Å². The highest BCUT2D eigenvalue weighted by atomic mass is 32.2. The van der Waals surface area contributed by atoms with Gasteiger partial charge in [-0.15, -0.1) is 21.5 Å². The van der Waals surface area contributed by atoms with Gasteiger partial charge < -0.3 is 14.2 Å². The van der Waals surface area contributed by atoms with E-state index in [-0.39, 0.29) is 5.91 Å². The maximum atomic E-state index is 13.2. The van der Waals surface area contributed by atoms with Crippen LogP contribution in [0.25, 0.3) is 0 Å². The number of methoxy groups -OCH3 is 1. The molecule has 0 atom stereocenters. The number of nitrogens with zero attached hydrogens (tertiary/aromatic N) is 4. The summed E-state index contributed by atoms with van der Waals surface area (Å²) in [5.41, 5.74) is 1.12. The van der Waals surface area contributed by atoms with Crippen molar-refractivity contribution in [3.63, 3.8) is 0 Å². The van der Waals surface area contributed by atoms with E-state index in [2.05, 4.69) is 44.4 Å². The van der Waals surface area contributed by atoms with E-state index in [0.29, 0.717) is 31.5 Å². The minimum atomic E-state index is 0.0962. The lowest BCUT2D eigenvalue weighted by Gasteiger charge is -2.26. The Bertz CT molecular complexity index is 985. The molecule has 176 valence electrons. The molecule has 0 spiro atoms. The molecule has 3 aromatic rings. The number of benzene rings is 1. The van der Waals surface area contributed by atoms with E-state index in [1.165, 1.54) is 35.9 Å². The van der Waals surface area contributed by atoms with Crippen molar-refractivity contribution < 1.29 is 9.53 Å². The second-order valence-electron chi connectivity index (χ2n) is 8.40. The van der Waals surface area contributed by atoms with Crippen LogP contribution in [-0.4, -0.2) is 51.6 Å². The number of ether oxygens (including phenoxy) is 1. The Balaban J connectivity index is 1.47. The molecule has 0 aliphatic heterocycles. The van der Waals surface area contributed by atoms with E-state index in [9.17, 15) is 4.79 Å². The minimum absolute atomic E-state index is 0.0962. The van der Waals surface area contributed by atoms with Crippen LogP contribution >= 0.6 is 23.1 Å². The van der Waals surface area contributed by atoms with Gasteiger partial charge in [0.1, 0.15) is 5.82 Å². The van der Waals surface area contributed by atoms with Crippen LogP contribution in [0.5, 0.6) is 0 Å². The molecule has 1 saturated carbocycles. The molecule has 1 aliphatic rings. The van der Waals surface area contributed by atoms with E-state index in [4.69, 9.17) is 4.74 Å². The van der Waals surface area contributed by atoms with Gasteiger partial charge >= 0.3 is 0 Å². The Kier molecular flexibility index (Phi) is 8.97. The Labute approximate surface area is 204 Å². The van der Waals surface area contributed by atoms with Crippen LogP contribution in [0, 0.1) is 0 Å². The van der Waals surface area contributed by atoms with Crippen molar-refractivity contribution in [3.8, 4) is 0 Å². The van der Waals surface area contributed by atoms with Crippen molar-refractivity contribution in [1.82, 2.24) is 19.7 Å². The van der Waals surface area contributed by atoms with Gasteiger partial charge in [-0.25, -0.2) is 0 Å². The summed E-state index contributed by atoms with van der Waals surface area (Å²) >= 11 is 3.27. The monoisotopic (exact) mass is 484 g/mol. The van der Waals surface area contributed by atoms with Gasteiger partial charge in [0.2, 0.25) is 5.91 Å². The fourth-order valence-corrected chi connectivity index (χ4v) is 5.94. The van der Waals surface area contributed by atoms with Crippen LogP contribution < -0.4 is 0 Å². The lowest BCUT2D eigenvalue weighted by atomic mass is 9.95. The summed E-state index contributed by atoms with van der Waals surface area (Å²) < 4.78 is 7.58. The molecule has 1 fully saturated rings. The predicted molar refractivity (Wildman–Crippen MR) is 134 cm³/mol. The van der Waals surface area contributed by atoms with Gasteiger partial charge in [0.25, 0.3) is 0 Å². The predicted octanol–water partition coefficient (Wildman–Crippen LogP) is 5.20. The molecule has 2 heterocycles. The summed E-state index contributed by atoms with van der Waals surface area (Å²) in [4.78, 5) is 16.3. The average molecular weight is 485 g/mol. The van der Waals surface area contributed by atoms with Crippen molar-refractivity contribution in [1.29, 1.82) is 0 Å². The number of hydrogen-bond donors (Lipinski definition) is 0. The van der Waals surface area contributed by atoms with E-state index >= 15 is 0 Å². The molecule has 33 heavy (non-hydrogen) atoms. The molecular formula is C25H32N4O2S2. The lowest BCUT2D eigenvalue weighted by Crippen LogP contribution is -2.34. The fourth-order valence-electron chi connectivity index (χ4n) is 4.32. The van der Waals surface area contributed by atoms with Gasteiger partial charge in [-0.2, -0.15) is 0 Å². The number of amides is 1. The van der Waals surface area contributed by atoms with Gasteiger partial charge in [0, 0.05) is 37.5 Å². The lowest BCUT2D eigenvalue weighted by molar-refractivity contribution is -0.129. The molecular weight excluding hydrogens is 452 g/mol. The van der Waals surface area contributed by atoms with Crippen LogP contribution in [0.4, 0.5) is 0 Å².